The summed E-state index contributed by atoms with van der Waals surface area (Å²) in [6, 6.07) is 2.85. The van der Waals surface area contributed by atoms with Crippen molar-refractivity contribution in [3.63, 3.8) is 0 Å². The van der Waals surface area contributed by atoms with Crippen LogP contribution in [0.1, 0.15) is 20.8 Å². The summed E-state index contributed by atoms with van der Waals surface area (Å²) in [5.41, 5.74) is 5.28. The van der Waals surface area contributed by atoms with E-state index in [1.165, 1.54) is 18.3 Å². The molecule has 0 amide bonds. The fraction of sp³-hybridized carbons (Fsp3) is 0.400. The normalized spacial score (nSPS) is 10.6. The zero-order valence-corrected chi connectivity index (χ0v) is 11.2. The highest BCUT2D eigenvalue weighted by Gasteiger charge is 2.10. The van der Waals surface area contributed by atoms with Crippen molar-refractivity contribution in [1.82, 2.24) is 15.7 Å². The van der Waals surface area contributed by atoms with E-state index in [2.05, 4.69) is 21.2 Å². The van der Waals surface area contributed by atoms with Gasteiger partial charge in [0.1, 0.15) is 12.0 Å². The van der Waals surface area contributed by atoms with Crippen LogP contribution >= 0.6 is 12.2 Å². The van der Waals surface area contributed by atoms with Crippen LogP contribution in [0.4, 0.5) is 11.5 Å². The smallest absolute Gasteiger partial charge is 0.287 e. The van der Waals surface area contributed by atoms with Gasteiger partial charge in [-0.15, -0.1) is 0 Å². The van der Waals surface area contributed by atoms with E-state index in [9.17, 15) is 10.1 Å². The Kier molecular flexibility index (Phi) is 4.38. The summed E-state index contributed by atoms with van der Waals surface area (Å²) in [5.74, 6) is 0.443. The first-order chi connectivity index (χ1) is 8.28. The molecule has 1 heterocycles. The number of hydrogen-bond donors (Lipinski definition) is 3. The Hall–Kier alpha value is -1.96. The van der Waals surface area contributed by atoms with E-state index in [0.29, 0.717) is 10.9 Å². The summed E-state index contributed by atoms with van der Waals surface area (Å²) in [7, 11) is 0. The SMILES string of the molecule is CC(C)(C)NC(=S)NNc1ccc([N+](=O)[O-])cn1. The molecule has 0 atom stereocenters. The molecule has 0 bridgehead atoms. The molecule has 0 aliphatic heterocycles. The van der Waals surface area contributed by atoms with E-state index >= 15 is 0 Å². The third kappa shape index (κ3) is 4.91. The van der Waals surface area contributed by atoms with Gasteiger partial charge in [-0.1, -0.05) is 0 Å². The lowest BCUT2D eigenvalue weighted by atomic mass is 10.1. The average molecular weight is 269 g/mol. The quantitative estimate of drug-likeness (QED) is 0.436. The summed E-state index contributed by atoms with van der Waals surface area (Å²) < 4.78 is 0. The molecule has 0 saturated heterocycles. The Morgan fingerprint density at radius 1 is 1.44 bits per heavy atom. The molecule has 0 unspecified atom stereocenters. The largest absolute Gasteiger partial charge is 0.357 e. The predicted molar refractivity (Wildman–Crippen MR) is 73.1 cm³/mol. The highest BCUT2D eigenvalue weighted by atomic mass is 32.1. The van der Waals surface area contributed by atoms with Crippen LogP contribution in [0.5, 0.6) is 0 Å². The van der Waals surface area contributed by atoms with Crippen molar-refractivity contribution in [2.45, 2.75) is 26.3 Å². The summed E-state index contributed by atoms with van der Waals surface area (Å²) in [5, 5.41) is 13.9. The fourth-order valence-corrected chi connectivity index (χ4v) is 1.42. The van der Waals surface area contributed by atoms with Crippen molar-refractivity contribution in [3.8, 4) is 0 Å². The van der Waals surface area contributed by atoms with E-state index in [0.717, 1.165) is 0 Å². The van der Waals surface area contributed by atoms with Gasteiger partial charge in [0, 0.05) is 11.6 Å². The van der Waals surface area contributed by atoms with Gasteiger partial charge in [0.05, 0.1) is 4.92 Å². The van der Waals surface area contributed by atoms with Crippen LogP contribution in [0.25, 0.3) is 0 Å². The second-order valence-corrected chi connectivity index (χ2v) is 5.02. The molecule has 0 fully saturated rings. The van der Waals surface area contributed by atoms with Gasteiger partial charge < -0.3 is 5.32 Å². The second kappa shape index (κ2) is 5.58. The third-order valence-electron chi connectivity index (χ3n) is 1.75. The van der Waals surface area contributed by atoms with Gasteiger partial charge in [-0.25, -0.2) is 4.98 Å². The Morgan fingerprint density at radius 3 is 2.56 bits per heavy atom. The Morgan fingerprint density at radius 2 is 2.11 bits per heavy atom. The molecule has 18 heavy (non-hydrogen) atoms. The van der Waals surface area contributed by atoms with Crippen LogP contribution in [0, 0.1) is 10.1 Å². The summed E-state index contributed by atoms with van der Waals surface area (Å²) in [4.78, 5) is 13.8. The fourth-order valence-electron chi connectivity index (χ4n) is 1.06. The molecule has 0 radical (unpaired) electrons. The highest BCUT2D eigenvalue weighted by Crippen LogP contribution is 2.10. The molecular weight excluding hydrogens is 254 g/mol. The number of pyridine rings is 1. The number of rotatable bonds is 3. The lowest BCUT2D eigenvalue weighted by molar-refractivity contribution is -0.385. The van der Waals surface area contributed by atoms with Crippen LogP contribution in [-0.2, 0) is 0 Å². The lowest BCUT2D eigenvalue weighted by Crippen LogP contribution is -2.48. The summed E-state index contributed by atoms with van der Waals surface area (Å²) in [6.45, 7) is 5.93. The van der Waals surface area contributed by atoms with E-state index < -0.39 is 4.92 Å². The highest BCUT2D eigenvalue weighted by molar-refractivity contribution is 7.80. The molecule has 1 aromatic rings. The summed E-state index contributed by atoms with van der Waals surface area (Å²) >= 11 is 5.05. The lowest BCUT2D eigenvalue weighted by Gasteiger charge is -2.23. The maximum atomic E-state index is 10.4. The van der Waals surface area contributed by atoms with Gasteiger partial charge in [0.15, 0.2) is 5.11 Å². The Labute approximate surface area is 110 Å². The van der Waals surface area contributed by atoms with Crippen LogP contribution in [0.2, 0.25) is 0 Å². The van der Waals surface area contributed by atoms with Gasteiger partial charge in [-0.3, -0.25) is 21.0 Å². The Balaban J connectivity index is 2.49. The standard InChI is InChI=1S/C10H15N5O2S/c1-10(2,3)12-9(18)14-13-8-5-4-7(6-11-8)15(16)17/h4-6H,1-3H3,(H,11,13)(H2,12,14,18). The monoisotopic (exact) mass is 269 g/mol. The molecule has 0 aliphatic rings. The van der Waals surface area contributed by atoms with Crippen LogP contribution in [0.3, 0.4) is 0 Å². The maximum absolute atomic E-state index is 10.4. The average Bonchev–Trinajstić information content (AvgIpc) is 2.24. The molecule has 98 valence electrons. The van der Waals surface area contributed by atoms with Gasteiger partial charge >= 0.3 is 0 Å². The van der Waals surface area contributed by atoms with Crippen molar-refractivity contribution in [2.24, 2.45) is 0 Å². The van der Waals surface area contributed by atoms with Crippen molar-refractivity contribution in [1.29, 1.82) is 0 Å². The number of nitro groups is 1. The van der Waals surface area contributed by atoms with Crippen molar-refractivity contribution in [2.75, 3.05) is 5.43 Å². The second-order valence-electron chi connectivity index (χ2n) is 4.61. The van der Waals surface area contributed by atoms with Crippen LogP contribution in [0.15, 0.2) is 18.3 Å². The van der Waals surface area contributed by atoms with Crippen molar-refractivity contribution < 1.29 is 4.92 Å². The number of nitrogens with one attached hydrogen (secondary N) is 3. The molecular formula is C10H15N5O2S. The molecule has 1 rings (SSSR count). The maximum Gasteiger partial charge on any atom is 0.287 e. The zero-order valence-electron chi connectivity index (χ0n) is 10.4. The molecule has 0 saturated carbocycles. The minimum atomic E-state index is -0.504. The van der Waals surface area contributed by atoms with Gasteiger partial charge in [0.2, 0.25) is 0 Å². The molecule has 1 aromatic heterocycles. The molecule has 0 spiro atoms. The number of aromatic nitrogens is 1. The first-order valence-electron chi connectivity index (χ1n) is 5.22. The first kappa shape index (κ1) is 14.1. The van der Waals surface area contributed by atoms with Gasteiger partial charge in [-0.05, 0) is 39.1 Å². The molecule has 3 N–H and O–H groups in total. The minimum Gasteiger partial charge on any atom is -0.357 e. The summed E-state index contributed by atoms with van der Waals surface area (Å²) in [6.07, 6.45) is 1.17. The van der Waals surface area contributed by atoms with Crippen LogP contribution in [-0.4, -0.2) is 20.6 Å². The van der Waals surface area contributed by atoms with Crippen molar-refractivity contribution in [3.05, 3.63) is 28.4 Å². The number of hydrogen-bond acceptors (Lipinski definition) is 5. The van der Waals surface area contributed by atoms with E-state index in [1.807, 2.05) is 20.8 Å². The number of nitrogens with zero attached hydrogens (tertiary/aromatic N) is 2. The number of hydrazine groups is 1. The van der Waals surface area contributed by atoms with E-state index in [1.54, 1.807) is 0 Å². The van der Waals surface area contributed by atoms with E-state index in [4.69, 9.17) is 12.2 Å². The van der Waals surface area contributed by atoms with Crippen LogP contribution < -0.4 is 16.2 Å². The van der Waals surface area contributed by atoms with Crippen molar-refractivity contribution >= 4 is 28.8 Å². The topological polar surface area (TPSA) is 92.1 Å². The molecule has 7 nitrogen and oxygen atoms in total. The molecule has 0 aliphatic carbocycles. The predicted octanol–water partition coefficient (Wildman–Crippen LogP) is 1.58. The number of anilines is 1. The van der Waals surface area contributed by atoms with E-state index in [-0.39, 0.29) is 11.2 Å². The van der Waals surface area contributed by atoms with Gasteiger partial charge in [-0.2, -0.15) is 0 Å². The zero-order chi connectivity index (χ0) is 13.8. The first-order valence-corrected chi connectivity index (χ1v) is 5.63. The van der Waals surface area contributed by atoms with Gasteiger partial charge in [0.25, 0.3) is 5.69 Å². The number of thiocarbonyl (C=S) groups is 1. The molecule has 0 aromatic carbocycles. The Bertz CT molecular complexity index is 441. The molecule has 8 heteroatoms. The minimum absolute atomic E-state index is 0.0593. The third-order valence-corrected chi connectivity index (χ3v) is 1.96.